The molecule has 0 bridgehead atoms. The lowest BCUT2D eigenvalue weighted by Crippen LogP contribution is -2.33. The molecule has 0 aliphatic carbocycles. The maximum absolute atomic E-state index is 5.22. The van der Waals surface area contributed by atoms with Crippen molar-refractivity contribution in [2.24, 2.45) is 0 Å². The topological polar surface area (TPSA) is 39.1 Å². The van der Waals surface area contributed by atoms with Gasteiger partial charge in [0.15, 0.2) is 0 Å². The molecule has 98 valence electrons. The number of aryl methyl sites for hydroxylation is 2. The monoisotopic (exact) mass is 239 g/mol. The van der Waals surface area contributed by atoms with Crippen LogP contribution in [0.1, 0.15) is 38.1 Å². The lowest BCUT2D eigenvalue weighted by molar-refractivity contribution is 0.161. The number of nitrogens with zero attached hydrogens (tertiary/aromatic N) is 2. The van der Waals surface area contributed by atoms with Crippen molar-refractivity contribution < 1.29 is 4.74 Å². The number of rotatable bonds is 8. The predicted octanol–water partition coefficient (Wildman–Crippen LogP) is 2.12. The second-order valence-corrected chi connectivity index (χ2v) is 4.41. The molecule has 1 rings (SSSR count). The molecule has 17 heavy (non-hydrogen) atoms. The maximum atomic E-state index is 5.22. The summed E-state index contributed by atoms with van der Waals surface area (Å²) >= 11 is 0. The molecule has 0 aromatic carbocycles. The minimum atomic E-state index is 0.436. The number of aromatic nitrogens is 2. The zero-order chi connectivity index (χ0) is 12.7. The summed E-state index contributed by atoms with van der Waals surface area (Å²) in [6.07, 6.45) is 2.32. The minimum Gasteiger partial charge on any atom is -0.383 e. The van der Waals surface area contributed by atoms with Gasteiger partial charge >= 0.3 is 0 Å². The summed E-state index contributed by atoms with van der Waals surface area (Å²) < 4.78 is 7.28. The molecular weight excluding hydrogens is 214 g/mol. The molecule has 0 aliphatic rings. The number of nitrogens with one attached hydrogen (secondary N) is 1. The lowest BCUT2D eigenvalue weighted by Gasteiger charge is -2.17. The van der Waals surface area contributed by atoms with Gasteiger partial charge in [-0.3, -0.25) is 4.68 Å². The Labute approximate surface area is 104 Å². The first-order valence-electron chi connectivity index (χ1n) is 6.46. The third-order valence-electron chi connectivity index (χ3n) is 2.86. The Morgan fingerprint density at radius 1 is 1.47 bits per heavy atom. The molecule has 1 atom stereocenters. The summed E-state index contributed by atoms with van der Waals surface area (Å²) in [5.74, 6) is 0. The summed E-state index contributed by atoms with van der Waals surface area (Å²) in [4.78, 5) is 0. The van der Waals surface area contributed by atoms with E-state index in [0.717, 1.165) is 31.8 Å². The van der Waals surface area contributed by atoms with Crippen molar-refractivity contribution in [3.8, 4) is 0 Å². The van der Waals surface area contributed by atoms with Gasteiger partial charge in [0.1, 0.15) is 0 Å². The first-order valence-corrected chi connectivity index (χ1v) is 6.46. The maximum Gasteiger partial charge on any atom is 0.0615 e. The third kappa shape index (κ3) is 4.48. The van der Waals surface area contributed by atoms with E-state index in [-0.39, 0.29) is 0 Å². The standard InChI is InChI=1S/C13H25N3O/c1-5-7-12(10-17-4)14-9-13-8-11(3)15-16(13)6-2/h8,12,14H,5-7,9-10H2,1-4H3. The van der Waals surface area contributed by atoms with Gasteiger partial charge in [-0.05, 0) is 26.3 Å². The van der Waals surface area contributed by atoms with Crippen LogP contribution in [0, 0.1) is 6.92 Å². The fourth-order valence-electron chi connectivity index (χ4n) is 2.06. The van der Waals surface area contributed by atoms with E-state index in [0.29, 0.717) is 6.04 Å². The van der Waals surface area contributed by atoms with Crippen LogP contribution in [0.4, 0.5) is 0 Å². The average Bonchev–Trinajstić information content (AvgIpc) is 2.67. The van der Waals surface area contributed by atoms with Gasteiger partial charge in [-0.1, -0.05) is 13.3 Å². The highest BCUT2D eigenvalue weighted by Gasteiger charge is 2.09. The molecule has 1 N–H and O–H groups in total. The number of hydrogen-bond acceptors (Lipinski definition) is 3. The van der Waals surface area contributed by atoms with Gasteiger partial charge in [-0.25, -0.2) is 0 Å². The fourth-order valence-corrected chi connectivity index (χ4v) is 2.06. The van der Waals surface area contributed by atoms with Crippen molar-refractivity contribution in [2.75, 3.05) is 13.7 Å². The van der Waals surface area contributed by atoms with E-state index in [1.54, 1.807) is 7.11 Å². The molecule has 4 nitrogen and oxygen atoms in total. The number of methoxy groups -OCH3 is 1. The van der Waals surface area contributed by atoms with Crippen LogP contribution in [-0.4, -0.2) is 29.5 Å². The molecule has 1 aromatic rings. The highest BCUT2D eigenvalue weighted by atomic mass is 16.5. The summed E-state index contributed by atoms with van der Waals surface area (Å²) in [6, 6.07) is 2.58. The Morgan fingerprint density at radius 2 is 2.24 bits per heavy atom. The van der Waals surface area contributed by atoms with Gasteiger partial charge in [0.25, 0.3) is 0 Å². The number of hydrogen-bond donors (Lipinski definition) is 1. The first-order chi connectivity index (χ1) is 8.21. The highest BCUT2D eigenvalue weighted by Crippen LogP contribution is 2.05. The van der Waals surface area contributed by atoms with Crippen molar-refractivity contribution >= 4 is 0 Å². The van der Waals surface area contributed by atoms with E-state index in [1.165, 1.54) is 12.1 Å². The van der Waals surface area contributed by atoms with Crippen LogP contribution in [0.3, 0.4) is 0 Å². The van der Waals surface area contributed by atoms with Crippen LogP contribution in [0.25, 0.3) is 0 Å². The zero-order valence-electron chi connectivity index (χ0n) is 11.5. The van der Waals surface area contributed by atoms with Gasteiger partial charge in [0, 0.05) is 26.2 Å². The van der Waals surface area contributed by atoms with Crippen LogP contribution < -0.4 is 5.32 Å². The Hall–Kier alpha value is -0.870. The largest absolute Gasteiger partial charge is 0.383 e. The molecule has 4 heteroatoms. The van der Waals surface area contributed by atoms with Gasteiger partial charge in [0.05, 0.1) is 18.0 Å². The Bertz CT molecular complexity index is 316. The molecule has 0 fully saturated rings. The third-order valence-corrected chi connectivity index (χ3v) is 2.86. The van der Waals surface area contributed by atoms with Crippen molar-refractivity contribution in [2.45, 2.75) is 52.7 Å². The Kier molecular flexibility index (Phi) is 6.22. The second-order valence-electron chi connectivity index (χ2n) is 4.41. The van der Waals surface area contributed by atoms with Crippen LogP contribution in [0.5, 0.6) is 0 Å². The quantitative estimate of drug-likeness (QED) is 0.755. The second kappa shape index (κ2) is 7.45. The minimum absolute atomic E-state index is 0.436. The molecule has 0 spiro atoms. The molecular formula is C13H25N3O. The SMILES string of the molecule is CCCC(COC)NCc1cc(C)nn1CC. The molecule has 0 saturated carbocycles. The smallest absolute Gasteiger partial charge is 0.0615 e. The van der Waals surface area contributed by atoms with Gasteiger partial charge in [0.2, 0.25) is 0 Å². The van der Waals surface area contributed by atoms with Crippen molar-refractivity contribution in [3.05, 3.63) is 17.5 Å². The highest BCUT2D eigenvalue weighted by molar-refractivity contribution is 5.08. The van der Waals surface area contributed by atoms with Gasteiger partial charge in [-0.2, -0.15) is 5.10 Å². The van der Waals surface area contributed by atoms with E-state index in [4.69, 9.17) is 4.74 Å². The zero-order valence-corrected chi connectivity index (χ0v) is 11.5. The normalized spacial score (nSPS) is 12.9. The fraction of sp³-hybridized carbons (Fsp3) is 0.769. The Morgan fingerprint density at radius 3 is 2.82 bits per heavy atom. The van der Waals surface area contributed by atoms with E-state index >= 15 is 0 Å². The van der Waals surface area contributed by atoms with Crippen LogP contribution in [0.15, 0.2) is 6.07 Å². The van der Waals surface area contributed by atoms with Gasteiger partial charge in [-0.15, -0.1) is 0 Å². The number of ether oxygens (including phenoxy) is 1. The Balaban J connectivity index is 2.51. The molecule has 1 unspecified atom stereocenters. The molecule has 0 aliphatic heterocycles. The molecule has 0 amide bonds. The van der Waals surface area contributed by atoms with Gasteiger partial charge < -0.3 is 10.1 Å². The summed E-state index contributed by atoms with van der Waals surface area (Å²) in [7, 11) is 1.75. The molecule has 1 heterocycles. The van der Waals surface area contributed by atoms with E-state index in [1.807, 2.05) is 6.92 Å². The summed E-state index contributed by atoms with van der Waals surface area (Å²) in [5, 5.41) is 7.98. The lowest BCUT2D eigenvalue weighted by atomic mass is 10.2. The van der Waals surface area contributed by atoms with Crippen LogP contribution >= 0.6 is 0 Å². The van der Waals surface area contributed by atoms with Crippen molar-refractivity contribution in [1.82, 2.24) is 15.1 Å². The molecule has 1 aromatic heterocycles. The summed E-state index contributed by atoms with van der Waals surface area (Å²) in [6.45, 7) is 8.91. The molecule has 0 radical (unpaired) electrons. The van der Waals surface area contributed by atoms with E-state index in [9.17, 15) is 0 Å². The predicted molar refractivity (Wildman–Crippen MR) is 70.0 cm³/mol. The average molecular weight is 239 g/mol. The first kappa shape index (κ1) is 14.2. The molecule has 0 saturated heterocycles. The van der Waals surface area contributed by atoms with E-state index in [2.05, 4.69) is 35.0 Å². The van der Waals surface area contributed by atoms with Crippen LogP contribution in [0.2, 0.25) is 0 Å². The van der Waals surface area contributed by atoms with E-state index < -0.39 is 0 Å². The summed E-state index contributed by atoms with van der Waals surface area (Å²) in [5.41, 5.74) is 2.34. The van der Waals surface area contributed by atoms with Crippen LogP contribution in [-0.2, 0) is 17.8 Å². The van der Waals surface area contributed by atoms with Crippen molar-refractivity contribution in [1.29, 1.82) is 0 Å². The van der Waals surface area contributed by atoms with Crippen molar-refractivity contribution in [3.63, 3.8) is 0 Å².